The van der Waals surface area contributed by atoms with E-state index < -0.39 is 0 Å². The fraction of sp³-hybridized carbons (Fsp3) is 0.857. The molecule has 0 bridgehead atoms. The molecule has 0 rings (SSSR count). The number of nitrogens with one attached hydrogen (secondary N) is 1. The standard InChI is InChI=1S/C7H14N2O/c1-7(10-2)3-5-9-6-4-8/h7,9H,3,5-6H2,1-2H3. The first-order valence-corrected chi connectivity index (χ1v) is 3.41. The summed E-state index contributed by atoms with van der Waals surface area (Å²) >= 11 is 0. The van der Waals surface area contributed by atoms with E-state index in [4.69, 9.17) is 10.00 Å². The lowest BCUT2D eigenvalue weighted by Crippen LogP contribution is -2.20. The molecular weight excluding hydrogens is 128 g/mol. The van der Waals surface area contributed by atoms with Crippen LogP contribution in [-0.4, -0.2) is 26.3 Å². The molecule has 10 heavy (non-hydrogen) atoms. The number of hydrogen-bond acceptors (Lipinski definition) is 3. The summed E-state index contributed by atoms with van der Waals surface area (Å²) in [5, 5.41) is 11.1. The summed E-state index contributed by atoms with van der Waals surface area (Å²) in [5.74, 6) is 0. The van der Waals surface area contributed by atoms with Gasteiger partial charge in [-0.1, -0.05) is 0 Å². The number of nitrogens with zero attached hydrogens (tertiary/aromatic N) is 1. The normalized spacial score (nSPS) is 12.5. The molecule has 0 aromatic heterocycles. The van der Waals surface area contributed by atoms with Gasteiger partial charge in [-0.05, 0) is 19.9 Å². The van der Waals surface area contributed by atoms with E-state index >= 15 is 0 Å². The Morgan fingerprint density at radius 3 is 2.90 bits per heavy atom. The van der Waals surface area contributed by atoms with Crippen LogP contribution >= 0.6 is 0 Å². The van der Waals surface area contributed by atoms with E-state index in [9.17, 15) is 0 Å². The second-order valence-corrected chi connectivity index (χ2v) is 2.17. The lowest BCUT2D eigenvalue weighted by molar-refractivity contribution is 0.111. The summed E-state index contributed by atoms with van der Waals surface area (Å²) in [4.78, 5) is 0. The lowest BCUT2D eigenvalue weighted by atomic mass is 10.3. The van der Waals surface area contributed by atoms with Gasteiger partial charge in [0.05, 0.1) is 18.7 Å². The van der Waals surface area contributed by atoms with Gasteiger partial charge in [0.15, 0.2) is 0 Å². The largest absolute Gasteiger partial charge is 0.382 e. The summed E-state index contributed by atoms with van der Waals surface area (Å²) in [6, 6.07) is 2.01. The van der Waals surface area contributed by atoms with Crippen LogP contribution < -0.4 is 5.32 Å². The van der Waals surface area contributed by atoms with E-state index in [0.29, 0.717) is 6.54 Å². The van der Waals surface area contributed by atoms with Gasteiger partial charge in [0, 0.05) is 7.11 Å². The van der Waals surface area contributed by atoms with Crippen molar-refractivity contribution in [3.05, 3.63) is 0 Å². The first-order chi connectivity index (χ1) is 4.81. The van der Waals surface area contributed by atoms with Gasteiger partial charge < -0.3 is 10.1 Å². The van der Waals surface area contributed by atoms with Gasteiger partial charge in [0.25, 0.3) is 0 Å². The van der Waals surface area contributed by atoms with Crippen LogP contribution in [0, 0.1) is 11.3 Å². The van der Waals surface area contributed by atoms with E-state index in [-0.39, 0.29) is 6.10 Å². The molecule has 0 amide bonds. The van der Waals surface area contributed by atoms with Crippen LogP contribution in [0.15, 0.2) is 0 Å². The number of hydrogen-bond donors (Lipinski definition) is 1. The van der Waals surface area contributed by atoms with E-state index in [2.05, 4.69) is 5.32 Å². The Kier molecular flexibility index (Phi) is 6.14. The van der Waals surface area contributed by atoms with E-state index in [1.165, 1.54) is 0 Å². The van der Waals surface area contributed by atoms with Crippen molar-refractivity contribution < 1.29 is 4.74 Å². The predicted molar refractivity (Wildman–Crippen MR) is 39.6 cm³/mol. The minimum absolute atomic E-state index is 0.284. The van der Waals surface area contributed by atoms with Gasteiger partial charge in [-0.2, -0.15) is 5.26 Å². The van der Waals surface area contributed by atoms with Crippen LogP contribution in [-0.2, 0) is 4.74 Å². The quantitative estimate of drug-likeness (QED) is 0.449. The van der Waals surface area contributed by atoms with Gasteiger partial charge >= 0.3 is 0 Å². The third kappa shape index (κ3) is 5.54. The van der Waals surface area contributed by atoms with Gasteiger partial charge in [0.1, 0.15) is 0 Å². The minimum atomic E-state index is 0.284. The maximum atomic E-state index is 8.14. The Morgan fingerprint density at radius 2 is 2.40 bits per heavy atom. The molecule has 0 aliphatic heterocycles. The molecule has 0 aromatic rings. The molecular formula is C7H14N2O. The third-order valence-electron chi connectivity index (χ3n) is 1.33. The van der Waals surface area contributed by atoms with E-state index in [0.717, 1.165) is 13.0 Å². The monoisotopic (exact) mass is 142 g/mol. The smallest absolute Gasteiger partial charge is 0.0840 e. The summed E-state index contributed by atoms with van der Waals surface area (Å²) < 4.78 is 5.01. The summed E-state index contributed by atoms with van der Waals surface area (Å²) in [6.07, 6.45) is 1.24. The number of nitriles is 1. The second kappa shape index (κ2) is 6.53. The Morgan fingerprint density at radius 1 is 1.70 bits per heavy atom. The Hall–Kier alpha value is -0.590. The summed E-state index contributed by atoms with van der Waals surface area (Å²) in [6.45, 7) is 3.28. The van der Waals surface area contributed by atoms with Crippen molar-refractivity contribution in [2.75, 3.05) is 20.2 Å². The molecule has 0 fully saturated rings. The molecule has 0 aliphatic rings. The number of methoxy groups -OCH3 is 1. The second-order valence-electron chi connectivity index (χ2n) is 2.17. The van der Waals surface area contributed by atoms with Crippen molar-refractivity contribution in [3.8, 4) is 6.07 Å². The molecule has 3 heteroatoms. The van der Waals surface area contributed by atoms with Crippen LogP contribution in [0.2, 0.25) is 0 Å². The Labute approximate surface area is 62.0 Å². The molecule has 1 unspecified atom stereocenters. The van der Waals surface area contributed by atoms with Crippen molar-refractivity contribution in [2.24, 2.45) is 0 Å². The minimum Gasteiger partial charge on any atom is -0.382 e. The van der Waals surface area contributed by atoms with Crippen LogP contribution in [0.5, 0.6) is 0 Å². The van der Waals surface area contributed by atoms with Crippen molar-refractivity contribution in [2.45, 2.75) is 19.4 Å². The van der Waals surface area contributed by atoms with Gasteiger partial charge in [-0.25, -0.2) is 0 Å². The fourth-order valence-electron chi connectivity index (χ4n) is 0.567. The molecule has 1 N–H and O–H groups in total. The average molecular weight is 142 g/mol. The maximum Gasteiger partial charge on any atom is 0.0840 e. The highest BCUT2D eigenvalue weighted by Crippen LogP contribution is 1.91. The predicted octanol–water partition coefficient (Wildman–Crippen LogP) is 0.525. The highest BCUT2D eigenvalue weighted by molar-refractivity contribution is 4.72. The zero-order valence-corrected chi connectivity index (χ0v) is 6.55. The van der Waals surface area contributed by atoms with Crippen LogP contribution in [0.3, 0.4) is 0 Å². The molecule has 0 spiro atoms. The molecule has 58 valence electrons. The van der Waals surface area contributed by atoms with Crippen molar-refractivity contribution in [3.63, 3.8) is 0 Å². The molecule has 3 nitrogen and oxygen atoms in total. The van der Waals surface area contributed by atoms with Crippen molar-refractivity contribution in [1.82, 2.24) is 5.32 Å². The molecule has 1 atom stereocenters. The van der Waals surface area contributed by atoms with Crippen LogP contribution in [0.4, 0.5) is 0 Å². The van der Waals surface area contributed by atoms with E-state index in [1.807, 2.05) is 13.0 Å². The Balaban J connectivity index is 2.98. The zero-order chi connectivity index (χ0) is 7.82. The highest BCUT2D eigenvalue weighted by Gasteiger charge is 1.96. The number of rotatable bonds is 5. The average Bonchev–Trinajstić information content (AvgIpc) is 1.98. The first kappa shape index (κ1) is 9.41. The maximum absolute atomic E-state index is 8.14. The van der Waals surface area contributed by atoms with Gasteiger partial charge in [0.2, 0.25) is 0 Å². The number of ether oxygens (including phenoxy) is 1. The molecule has 0 aromatic carbocycles. The molecule has 0 aliphatic carbocycles. The van der Waals surface area contributed by atoms with E-state index in [1.54, 1.807) is 7.11 Å². The summed E-state index contributed by atoms with van der Waals surface area (Å²) in [7, 11) is 1.69. The fourth-order valence-corrected chi connectivity index (χ4v) is 0.567. The lowest BCUT2D eigenvalue weighted by Gasteiger charge is -2.07. The zero-order valence-electron chi connectivity index (χ0n) is 6.55. The van der Waals surface area contributed by atoms with Crippen molar-refractivity contribution in [1.29, 1.82) is 5.26 Å². The molecule has 0 heterocycles. The molecule has 0 saturated heterocycles. The van der Waals surface area contributed by atoms with Crippen molar-refractivity contribution >= 4 is 0 Å². The summed E-state index contributed by atoms with van der Waals surface area (Å²) in [5.41, 5.74) is 0. The SMILES string of the molecule is COC(C)CCNCC#N. The highest BCUT2D eigenvalue weighted by atomic mass is 16.5. The van der Waals surface area contributed by atoms with Gasteiger partial charge in [-0.15, -0.1) is 0 Å². The topological polar surface area (TPSA) is 45.0 Å². The molecule has 0 saturated carbocycles. The first-order valence-electron chi connectivity index (χ1n) is 3.41. The van der Waals surface area contributed by atoms with Gasteiger partial charge in [-0.3, -0.25) is 0 Å². The third-order valence-corrected chi connectivity index (χ3v) is 1.33. The van der Waals surface area contributed by atoms with Crippen LogP contribution in [0.1, 0.15) is 13.3 Å². The van der Waals surface area contributed by atoms with Crippen LogP contribution in [0.25, 0.3) is 0 Å². The molecule has 0 radical (unpaired) electrons. The Bertz CT molecular complexity index is 109.